The molecule has 0 aliphatic heterocycles. The van der Waals surface area contributed by atoms with Gasteiger partial charge in [0, 0.05) is 12.2 Å². The Balaban J connectivity index is 2.18. The fourth-order valence-electron chi connectivity index (χ4n) is 3.10. The molecule has 110 valence electrons. The van der Waals surface area contributed by atoms with E-state index in [1.165, 1.54) is 30.4 Å². The van der Waals surface area contributed by atoms with Crippen molar-refractivity contribution in [2.75, 3.05) is 6.61 Å². The highest BCUT2D eigenvalue weighted by molar-refractivity contribution is 5.99. The summed E-state index contributed by atoms with van der Waals surface area (Å²) in [5.74, 6) is 0.569. The molecule has 0 spiro atoms. The zero-order chi connectivity index (χ0) is 14.5. The maximum atomic E-state index is 12.8. The molecule has 0 heterocycles. The molecule has 1 atom stereocenters. The number of carbonyl (C=O) groups is 1. The molecule has 0 saturated heterocycles. The second-order valence-corrected chi connectivity index (χ2v) is 5.94. The summed E-state index contributed by atoms with van der Waals surface area (Å²) in [6, 6.07) is 5.98. The summed E-state index contributed by atoms with van der Waals surface area (Å²) in [6.45, 7) is 6.72. The molecule has 0 bridgehead atoms. The SMILES string of the molecule is CCOC(C(=O)c1ccc(C)c(C)c1)C1CCCCC1. The molecule has 0 N–H and O–H groups in total. The third kappa shape index (κ3) is 3.49. The number of benzene rings is 1. The van der Waals surface area contributed by atoms with Crippen LogP contribution in [0.15, 0.2) is 18.2 Å². The third-order valence-corrected chi connectivity index (χ3v) is 4.47. The molecular weight excluding hydrogens is 248 g/mol. The van der Waals surface area contributed by atoms with Gasteiger partial charge in [-0.25, -0.2) is 0 Å². The van der Waals surface area contributed by atoms with E-state index in [0.29, 0.717) is 12.5 Å². The lowest BCUT2D eigenvalue weighted by Crippen LogP contribution is -2.34. The molecule has 0 amide bonds. The van der Waals surface area contributed by atoms with Crippen molar-refractivity contribution in [3.05, 3.63) is 34.9 Å². The van der Waals surface area contributed by atoms with Crippen LogP contribution in [0.25, 0.3) is 0 Å². The largest absolute Gasteiger partial charge is 0.370 e. The van der Waals surface area contributed by atoms with Crippen molar-refractivity contribution in [3.8, 4) is 0 Å². The number of ether oxygens (including phenoxy) is 1. The molecule has 2 rings (SSSR count). The highest BCUT2D eigenvalue weighted by Crippen LogP contribution is 2.30. The number of ketones is 1. The van der Waals surface area contributed by atoms with E-state index >= 15 is 0 Å². The summed E-state index contributed by atoms with van der Waals surface area (Å²) >= 11 is 0. The van der Waals surface area contributed by atoms with Gasteiger partial charge >= 0.3 is 0 Å². The summed E-state index contributed by atoms with van der Waals surface area (Å²) in [6.07, 6.45) is 5.76. The first kappa shape index (κ1) is 15.2. The molecule has 1 aromatic rings. The first-order valence-electron chi connectivity index (χ1n) is 7.86. The van der Waals surface area contributed by atoms with Gasteiger partial charge in [0.15, 0.2) is 5.78 Å². The van der Waals surface area contributed by atoms with E-state index < -0.39 is 0 Å². The van der Waals surface area contributed by atoms with Gasteiger partial charge in [-0.15, -0.1) is 0 Å². The molecule has 1 aliphatic carbocycles. The van der Waals surface area contributed by atoms with E-state index in [0.717, 1.165) is 18.4 Å². The molecule has 2 nitrogen and oxygen atoms in total. The second-order valence-electron chi connectivity index (χ2n) is 5.94. The predicted molar refractivity (Wildman–Crippen MR) is 82.2 cm³/mol. The van der Waals surface area contributed by atoms with Crippen molar-refractivity contribution in [2.24, 2.45) is 5.92 Å². The number of carbonyl (C=O) groups excluding carboxylic acids is 1. The predicted octanol–water partition coefficient (Wildman–Crippen LogP) is 4.47. The number of Topliss-reactive ketones (excluding diaryl/α,β-unsaturated/α-hetero) is 1. The number of rotatable bonds is 5. The summed E-state index contributed by atoms with van der Waals surface area (Å²) in [5, 5.41) is 0. The Morgan fingerprint density at radius 1 is 1.20 bits per heavy atom. The van der Waals surface area contributed by atoms with Gasteiger partial charge in [0.2, 0.25) is 0 Å². The normalized spacial score (nSPS) is 17.9. The van der Waals surface area contributed by atoms with Crippen LogP contribution in [-0.4, -0.2) is 18.5 Å². The van der Waals surface area contributed by atoms with Crippen LogP contribution >= 0.6 is 0 Å². The van der Waals surface area contributed by atoms with Crippen molar-refractivity contribution < 1.29 is 9.53 Å². The Bertz CT molecular complexity index is 458. The molecule has 0 aromatic heterocycles. The van der Waals surface area contributed by atoms with Gasteiger partial charge in [0.1, 0.15) is 6.10 Å². The molecule has 0 radical (unpaired) electrons. The molecule has 1 saturated carbocycles. The van der Waals surface area contributed by atoms with Crippen LogP contribution in [0.1, 0.15) is 60.5 Å². The van der Waals surface area contributed by atoms with Gasteiger partial charge in [0.05, 0.1) is 0 Å². The minimum absolute atomic E-state index is 0.168. The lowest BCUT2D eigenvalue weighted by Gasteiger charge is -2.29. The molecule has 1 aliphatic rings. The van der Waals surface area contributed by atoms with E-state index in [9.17, 15) is 4.79 Å². The van der Waals surface area contributed by atoms with Crippen LogP contribution in [0.3, 0.4) is 0 Å². The maximum Gasteiger partial charge on any atom is 0.191 e. The Labute approximate surface area is 122 Å². The molecule has 2 heteroatoms. The van der Waals surface area contributed by atoms with E-state index in [1.807, 2.05) is 25.1 Å². The van der Waals surface area contributed by atoms with Crippen LogP contribution in [0.4, 0.5) is 0 Å². The topological polar surface area (TPSA) is 26.3 Å². The van der Waals surface area contributed by atoms with Gasteiger partial charge in [-0.2, -0.15) is 0 Å². The Kier molecular flexibility index (Phi) is 5.36. The Morgan fingerprint density at radius 3 is 2.50 bits per heavy atom. The lowest BCUT2D eigenvalue weighted by atomic mass is 9.82. The van der Waals surface area contributed by atoms with Gasteiger partial charge in [-0.05, 0) is 56.7 Å². The van der Waals surface area contributed by atoms with E-state index in [4.69, 9.17) is 4.74 Å². The van der Waals surface area contributed by atoms with Gasteiger partial charge in [-0.3, -0.25) is 4.79 Å². The number of hydrogen-bond donors (Lipinski definition) is 0. The zero-order valence-corrected chi connectivity index (χ0v) is 12.9. The van der Waals surface area contributed by atoms with Gasteiger partial charge in [-0.1, -0.05) is 31.4 Å². The van der Waals surface area contributed by atoms with Crippen molar-refractivity contribution in [1.82, 2.24) is 0 Å². The van der Waals surface area contributed by atoms with Crippen LogP contribution in [-0.2, 0) is 4.74 Å². The van der Waals surface area contributed by atoms with Crippen LogP contribution < -0.4 is 0 Å². The molecule has 1 aromatic carbocycles. The van der Waals surface area contributed by atoms with Crippen molar-refractivity contribution in [1.29, 1.82) is 0 Å². The summed E-state index contributed by atoms with van der Waals surface area (Å²) < 4.78 is 5.82. The summed E-state index contributed by atoms with van der Waals surface area (Å²) in [4.78, 5) is 12.8. The highest BCUT2D eigenvalue weighted by Gasteiger charge is 2.30. The smallest absolute Gasteiger partial charge is 0.191 e. The summed E-state index contributed by atoms with van der Waals surface area (Å²) in [7, 11) is 0. The first-order chi connectivity index (χ1) is 9.63. The monoisotopic (exact) mass is 274 g/mol. The van der Waals surface area contributed by atoms with Gasteiger partial charge < -0.3 is 4.74 Å². The second kappa shape index (κ2) is 7.03. The fourth-order valence-corrected chi connectivity index (χ4v) is 3.10. The molecule has 1 fully saturated rings. The van der Waals surface area contributed by atoms with Crippen LogP contribution in [0.5, 0.6) is 0 Å². The van der Waals surface area contributed by atoms with E-state index in [-0.39, 0.29) is 11.9 Å². The Morgan fingerprint density at radius 2 is 1.90 bits per heavy atom. The van der Waals surface area contributed by atoms with Crippen LogP contribution in [0.2, 0.25) is 0 Å². The van der Waals surface area contributed by atoms with Crippen molar-refractivity contribution in [3.63, 3.8) is 0 Å². The Hall–Kier alpha value is -1.15. The average Bonchev–Trinajstić information content (AvgIpc) is 2.48. The van der Waals surface area contributed by atoms with Crippen molar-refractivity contribution >= 4 is 5.78 Å². The van der Waals surface area contributed by atoms with E-state index in [1.54, 1.807) is 0 Å². The standard InChI is InChI=1S/C18H26O2/c1-4-20-18(15-8-6-5-7-9-15)17(19)16-11-10-13(2)14(3)12-16/h10-12,15,18H,4-9H2,1-3H3. The summed E-state index contributed by atoms with van der Waals surface area (Å²) in [5.41, 5.74) is 3.21. The number of hydrogen-bond acceptors (Lipinski definition) is 2. The van der Waals surface area contributed by atoms with Crippen LogP contribution in [0, 0.1) is 19.8 Å². The molecular formula is C18H26O2. The third-order valence-electron chi connectivity index (χ3n) is 4.47. The van der Waals surface area contributed by atoms with E-state index in [2.05, 4.69) is 13.8 Å². The molecule has 20 heavy (non-hydrogen) atoms. The average molecular weight is 274 g/mol. The first-order valence-corrected chi connectivity index (χ1v) is 7.86. The van der Waals surface area contributed by atoms with Gasteiger partial charge in [0.25, 0.3) is 0 Å². The minimum atomic E-state index is -0.248. The zero-order valence-electron chi connectivity index (χ0n) is 12.9. The van der Waals surface area contributed by atoms with Crippen molar-refractivity contribution in [2.45, 2.75) is 59.0 Å². The quantitative estimate of drug-likeness (QED) is 0.740. The minimum Gasteiger partial charge on any atom is -0.370 e. The number of aryl methyl sites for hydroxylation is 2. The molecule has 1 unspecified atom stereocenters. The highest BCUT2D eigenvalue weighted by atomic mass is 16.5. The fraction of sp³-hybridized carbons (Fsp3) is 0.611. The maximum absolute atomic E-state index is 12.8. The lowest BCUT2D eigenvalue weighted by molar-refractivity contribution is 0.0127.